The van der Waals surface area contributed by atoms with Gasteiger partial charge in [-0.05, 0) is 55.0 Å². The van der Waals surface area contributed by atoms with Crippen molar-refractivity contribution in [3.05, 3.63) is 54.4 Å². The highest BCUT2D eigenvalue weighted by Crippen LogP contribution is 3.02. The smallest absolute Gasteiger partial charge is 0.310 e. The summed E-state index contributed by atoms with van der Waals surface area (Å²) in [6.07, 6.45) is 1.29. The van der Waals surface area contributed by atoms with E-state index in [1.807, 2.05) is 6.92 Å². The molecule has 3 rings (SSSR count). The molecule has 4 nitrogen and oxygen atoms in total. The van der Waals surface area contributed by atoms with E-state index in [2.05, 4.69) is 10.1 Å². The number of nitrogen functional groups attached to an aromatic ring is 1. The second-order valence-electron chi connectivity index (χ2n) is 5.55. The maximum absolute atomic E-state index is 12.7. The van der Waals surface area contributed by atoms with E-state index in [9.17, 15) is 19.4 Å². The van der Waals surface area contributed by atoms with Crippen LogP contribution in [0, 0.1) is 6.92 Å². The van der Waals surface area contributed by atoms with Gasteiger partial charge in [0.25, 0.3) is 0 Å². The summed E-state index contributed by atoms with van der Waals surface area (Å²) < 4.78 is 64.9. The lowest BCUT2D eigenvalue weighted by Crippen LogP contribution is -2.06. The Balaban J connectivity index is 1.94. The van der Waals surface area contributed by atoms with Gasteiger partial charge >= 0.3 is 10.2 Å². The number of hydrogen-bond donors (Lipinski definition) is 1. The molecule has 3 aromatic rings. The van der Waals surface area contributed by atoms with E-state index in [4.69, 9.17) is 5.73 Å². The third-order valence-corrected chi connectivity index (χ3v) is 4.73. The minimum atomic E-state index is -9.68. The summed E-state index contributed by atoms with van der Waals surface area (Å²) in [5.74, 6) is 0.333. The van der Waals surface area contributed by atoms with E-state index in [-0.39, 0.29) is 5.69 Å². The van der Waals surface area contributed by atoms with Crippen LogP contribution in [0.3, 0.4) is 0 Å². The monoisotopic (exact) mass is 376 g/mol. The Bertz CT molecular complexity index is 949. The predicted molar refractivity (Wildman–Crippen MR) is 87.3 cm³/mol. The van der Waals surface area contributed by atoms with Crippen molar-refractivity contribution in [3.8, 4) is 17.1 Å². The standard InChI is InChI=1S/C15H13F5N4S/c1-10-8-11(2-7-14(10)21)15-22-9-24(23-15)12-3-5-13(6-4-12)25(16,17,18,19)20/h2-9H,21H2,1H3. The molecule has 0 aliphatic carbocycles. The molecule has 1 heterocycles. The van der Waals surface area contributed by atoms with Crippen LogP contribution in [0.4, 0.5) is 25.1 Å². The Morgan fingerprint density at radius 2 is 1.60 bits per heavy atom. The van der Waals surface area contributed by atoms with Crippen molar-refractivity contribution in [3.63, 3.8) is 0 Å². The maximum atomic E-state index is 12.7. The fraction of sp³-hybridized carbons (Fsp3) is 0.0667. The van der Waals surface area contributed by atoms with Crippen LogP contribution in [0.15, 0.2) is 53.7 Å². The highest BCUT2D eigenvalue weighted by atomic mass is 32.5. The van der Waals surface area contributed by atoms with Crippen LogP contribution < -0.4 is 5.73 Å². The van der Waals surface area contributed by atoms with Gasteiger partial charge < -0.3 is 5.73 Å². The van der Waals surface area contributed by atoms with Crippen molar-refractivity contribution in [2.45, 2.75) is 11.8 Å². The first kappa shape index (κ1) is 17.2. The Morgan fingerprint density at radius 1 is 0.960 bits per heavy atom. The van der Waals surface area contributed by atoms with E-state index < -0.39 is 15.1 Å². The zero-order valence-electron chi connectivity index (χ0n) is 12.8. The SMILES string of the molecule is Cc1cc(-c2ncn(-c3ccc(S(F)(F)(F)(F)F)cc3)n2)ccc1N. The molecule has 0 saturated heterocycles. The van der Waals surface area contributed by atoms with E-state index in [1.54, 1.807) is 18.2 Å². The summed E-state index contributed by atoms with van der Waals surface area (Å²) in [6.45, 7) is 1.81. The molecule has 1 aromatic heterocycles. The zero-order valence-corrected chi connectivity index (χ0v) is 13.7. The average Bonchev–Trinajstić information content (AvgIpc) is 2.98. The molecule has 0 saturated carbocycles. The molecule has 134 valence electrons. The molecule has 25 heavy (non-hydrogen) atoms. The average molecular weight is 376 g/mol. The molecule has 10 heteroatoms. The number of nitrogens with zero attached hydrogens (tertiary/aromatic N) is 3. The molecule has 0 spiro atoms. The molecule has 0 amide bonds. The molecule has 0 aliphatic heterocycles. The normalized spacial score (nSPS) is 14.8. The lowest BCUT2D eigenvalue weighted by atomic mass is 10.1. The van der Waals surface area contributed by atoms with E-state index in [0.717, 1.165) is 17.7 Å². The van der Waals surface area contributed by atoms with E-state index in [0.29, 0.717) is 29.2 Å². The van der Waals surface area contributed by atoms with Gasteiger partial charge in [0.2, 0.25) is 0 Å². The third-order valence-electron chi connectivity index (χ3n) is 3.57. The number of benzene rings is 2. The van der Waals surface area contributed by atoms with Crippen LogP contribution in [0.2, 0.25) is 0 Å². The van der Waals surface area contributed by atoms with E-state index in [1.165, 1.54) is 11.0 Å². The summed E-state index contributed by atoms with van der Waals surface area (Å²) in [6, 6.07) is 7.68. The minimum absolute atomic E-state index is 0.177. The van der Waals surface area contributed by atoms with Gasteiger partial charge in [-0.1, -0.05) is 19.4 Å². The Hall–Kier alpha value is -2.62. The molecule has 0 aliphatic rings. The Labute approximate surface area is 139 Å². The van der Waals surface area contributed by atoms with Crippen molar-refractivity contribution in [1.29, 1.82) is 0 Å². The molecule has 0 atom stereocenters. The van der Waals surface area contributed by atoms with Gasteiger partial charge in [0.15, 0.2) is 5.82 Å². The van der Waals surface area contributed by atoms with Crippen LogP contribution in [0.25, 0.3) is 17.1 Å². The van der Waals surface area contributed by atoms with Crippen molar-refractivity contribution in [2.24, 2.45) is 0 Å². The molecule has 0 radical (unpaired) electrons. The first-order chi connectivity index (χ1) is 11.3. The third kappa shape index (κ3) is 3.58. The summed E-state index contributed by atoms with van der Waals surface area (Å²) >= 11 is 0. The van der Waals surface area contributed by atoms with Crippen molar-refractivity contribution in [1.82, 2.24) is 14.8 Å². The second-order valence-corrected chi connectivity index (χ2v) is 7.96. The predicted octanol–water partition coefficient (Wildman–Crippen LogP) is 5.48. The quantitative estimate of drug-likeness (QED) is 0.486. The number of rotatable bonds is 3. The van der Waals surface area contributed by atoms with Crippen LogP contribution in [0.5, 0.6) is 0 Å². The number of hydrogen-bond acceptors (Lipinski definition) is 3. The molecule has 0 bridgehead atoms. The van der Waals surface area contributed by atoms with Gasteiger partial charge in [-0.25, -0.2) is 9.67 Å². The molecular weight excluding hydrogens is 363 g/mol. The number of aromatic nitrogens is 3. The van der Waals surface area contributed by atoms with Crippen LogP contribution in [-0.2, 0) is 0 Å². The van der Waals surface area contributed by atoms with Gasteiger partial charge in [-0.3, -0.25) is 0 Å². The number of nitrogens with two attached hydrogens (primary N) is 1. The topological polar surface area (TPSA) is 56.7 Å². The number of aryl methyl sites for hydroxylation is 1. The molecule has 0 fully saturated rings. The highest BCUT2D eigenvalue weighted by Gasteiger charge is 2.65. The van der Waals surface area contributed by atoms with Gasteiger partial charge in [0.05, 0.1) is 5.69 Å². The summed E-state index contributed by atoms with van der Waals surface area (Å²) in [4.78, 5) is 2.13. The largest absolute Gasteiger partial charge is 0.399 e. The summed E-state index contributed by atoms with van der Waals surface area (Å²) in [5, 5.41) is 4.15. The van der Waals surface area contributed by atoms with Crippen molar-refractivity contribution in [2.75, 3.05) is 5.73 Å². The fourth-order valence-corrected chi connectivity index (χ4v) is 2.84. The van der Waals surface area contributed by atoms with Gasteiger partial charge in [-0.15, -0.1) is 5.10 Å². The van der Waals surface area contributed by atoms with Crippen LogP contribution >= 0.6 is 10.2 Å². The number of anilines is 1. The molecule has 2 N–H and O–H groups in total. The Kier molecular flexibility index (Phi) is 3.25. The van der Waals surface area contributed by atoms with Crippen LogP contribution in [0.1, 0.15) is 5.56 Å². The first-order valence-corrected chi connectivity index (χ1v) is 8.91. The first-order valence-electron chi connectivity index (χ1n) is 6.96. The maximum Gasteiger partial charge on any atom is 0.310 e. The fourth-order valence-electron chi connectivity index (χ4n) is 2.19. The molecule has 0 unspecified atom stereocenters. The second kappa shape index (κ2) is 4.72. The Morgan fingerprint density at radius 3 is 2.16 bits per heavy atom. The van der Waals surface area contributed by atoms with Crippen LogP contribution in [-0.4, -0.2) is 14.8 Å². The minimum Gasteiger partial charge on any atom is -0.399 e. The molecular formula is C15H13F5N4S. The van der Waals surface area contributed by atoms with Gasteiger partial charge in [0, 0.05) is 11.3 Å². The van der Waals surface area contributed by atoms with Gasteiger partial charge in [-0.2, -0.15) is 0 Å². The summed E-state index contributed by atoms with van der Waals surface area (Å²) in [5.41, 5.74) is 8.02. The zero-order chi connectivity index (χ0) is 18.5. The van der Waals surface area contributed by atoms with Gasteiger partial charge in [0.1, 0.15) is 11.2 Å². The van der Waals surface area contributed by atoms with Crippen molar-refractivity contribution < 1.29 is 19.4 Å². The lowest BCUT2D eigenvalue weighted by Gasteiger charge is -2.40. The highest BCUT2D eigenvalue weighted by molar-refractivity contribution is 8.45. The van der Waals surface area contributed by atoms with E-state index >= 15 is 0 Å². The molecule has 2 aromatic carbocycles. The van der Waals surface area contributed by atoms with Crippen molar-refractivity contribution >= 4 is 15.9 Å². The lowest BCUT2D eigenvalue weighted by molar-refractivity contribution is 0.364. The number of halogens is 5. The summed E-state index contributed by atoms with van der Waals surface area (Å²) in [7, 11) is -9.68.